The van der Waals surface area contributed by atoms with Gasteiger partial charge in [0.25, 0.3) is 0 Å². The van der Waals surface area contributed by atoms with E-state index < -0.39 is 0 Å². The summed E-state index contributed by atoms with van der Waals surface area (Å²) in [6.07, 6.45) is 8.61. The van der Waals surface area contributed by atoms with E-state index in [2.05, 4.69) is 36.0 Å². The van der Waals surface area contributed by atoms with Crippen LogP contribution in [0.25, 0.3) is 0 Å². The lowest BCUT2D eigenvalue weighted by atomic mass is 9.92. The van der Waals surface area contributed by atoms with E-state index in [1.807, 2.05) is 17.8 Å². The number of imidazole rings is 1. The van der Waals surface area contributed by atoms with Gasteiger partial charge in [-0.15, -0.1) is 0 Å². The van der Waals surface area contributed by atoms with Gasteiger partial charge in [0.2, 0.25) is 5.91 Å². The van der Waals surface area contributed by atoms with Gasteiger partial charge >= 0.3 is 0 Å². The first-order chi connectivity index (χ1) is 11.0. The van der Waals surface area contributed by atoms with Crippen LogP contribution in [0, 0.1) is 5.92 Å². The predicted molar refractivity (Wildman–Crippen MR) is 93.0 cm³/mol. The summed E-state index contributed by atoms with van der Waals surface area (Å²) in [7, 11) is 1.98. The van der Waals surface area contributed by atoms with Crippen LogP contribution >= 0.6 is 0 Å². The number of likely N-dealkylation sites (tertiary alicyclic amines) is 1. The molecule has 1 aromatic heterocycles. The van der Waals surface area contributed by atoms with Gasteiger partial charge in [0, 0.05) is 31.9 Å². The van der Waals surface area contributed by atoms with Crippen molar-refractivity contribution in [3.8, 4) is 0 Å². The van der Waals surface area contributed by atoms with Crippen LogP contribution in [-0.2, 0) is 11.8 Å². The molecule has 0 saturated carbocycles. The number of amides is 1. The Labute approximate surface area is 140 Å². The van der Waals surface area contributed by atoms with Crippen LogP contribution in [-0.4, -0.2) is 39.5 Å². The lowest BCUT2D eigenvalue weighted by Gasteiger charge is -2.34. The van der Waals surface area contributed by atoms with Gasteiger partial charge in [-0.3, -0.25) is 4.79 Å². The van der Waals surface area contributed by atoms with Crippen molar-refractivity contribution in [2.24, 2.45) is 13.0 Å². The molecule has 1 atom stereocenters. The molecule has 5 heteroatoms. The average molecular weight is 320 g/mol. The summed E-state index contributed by atoms with van der Waals surface area (Å²) >= 11 is 0. The number of piperidine rings is 1. The third-order valence-corrected chi connectivity index (χ3v) is 4.94. The predicted octanol–water partition coefficient (Wildman–Crippen LogP) is 2.89. The first kappa shape index (κ1) is 18.0. The van der Waals surface area contributed by atoms with Crippen LogP contribution in [0.3, 0.4) is 0 Å². The highest BCUT2D eigenvalue weighted by Gasteiger charge is 2.24. The molecule has 130 valence electrons. The van der Waals surface area contributed by atoms with E-state index in [1.165, 1.54) is 0 Å². The van der Waals surface area contributed by atoms with Gasteiger partial charge in [0.1, 0.15) is 5.82 Å². The van der Waals surface area contributed by atoms with Gasteiger partial charge in [-0.25, -0.2) is 4.98 Å². The van der Waals surface area contributed by atoms with E-state index in [-0.39, 0.29) is 11.9 Å². The lowest BCUT2D eigenvalue weighted by Crippen LogP contribution is -2.40. The topological polar surface area (TPSA) is 50.2 Å². The van der Waals surface area contributed by atoms with Crippen molar-refractivity contribution in [2.75, 3.05) is 13.1 Å². The molecule has 0 spiro atoms. The number of aromatic nitrogens is 2. The zero-order chi connectivity index (χ0) is 16.8. The maximum Gasteiger partial charge on any atom is 0.220 e. The van der Waals surface area contributed by atoms with E-state index in [9.17, 15) is 4.79 Å². The zero-order valence-electron chi connectivity index (χ0n) is 15.1. The average Bonchev–Trinajstić information content (AvgIpc) is 2.93. The largest absolute Gasteiger partial charge is 0.346 e. The molecule has 0 aromatic carbocycles. The Morgan fingerprint density at radius 1 is 1.39 bits per heavy atom. The Hall–Kier alpha value is -1.36. The van der Waals surface area contributed by atoms with Crippen molar-refractivity contribution in [2.45, 2.75) is 65.0 Å². The second kappa shape index (κ2) is 8.48. The first-order valence-corrected chi connectivity index (χ1v) is 9.01. The molecule has 0 bridgehead atoms. The van der Waals surface area contributed by atoms with Gasteiger partial charge in [0.15, 0.2) is 0 Å². The minimum absolute atomic E-state index is 0.0308. The van der Waals surface area contributed by atoms with Gasteiger partial charge in [-0.05, 0) is 52.1 Å². The summed E-state index contributed by atoms with van der Waals surface area (Å²) in [4.78, 5) is 19.4. The molecule has 1 amide bonds. The normalized spacial score (nSPS) is 18.3. The Morgan fingerprint density at radius 2 is 2.09 bits per heavy atom. The van der Waals surface area contributed by atoms with Crippen molar-refractivity contribution >= 4 is 5.91 Å². The SMILES string of the molecule is CCC[C@@H](NC(=O)CC1CCN(C(C)C)CC1)c1nccn1C. The summed E-state index contributed by atoms with van der Waals surface area (Å²) in [6.45, 7) is 8.87. The van der Waals surface area contributed by atoms with Crippen molar-refractivity contribution in [3.63, 3.8) is 0 Å². The van der Waals surface area contributed by atoms with Crippen molar-refractivity contribution in [3.05, 3.63) is 18.2 Å². The molecule has 1 aromatic rings. The molecule has 1 fully saturated rings. The monoisotopic (exact) mass is 320 g/mol. The molecule has 2 heterocycles. The Morgan fingerprint density at radius 3 is 2.61 bits per heavy atom. The Kier molecular flexibility index (Phi) is 6.63. The number of rotatable bonds is 7. The third-order valence-electron chi connectivity index (χ3n) is 4.94. The van der Waals surface area contributed by atoms with Crippen LogP contribution in [0.15, 0.2) is 12.4 Å². The van der Waals surface area contributed by atoms with Gasteiger partial charge in [0.05, 0.1) is 6.04 Å². The number of hydrogen-bond donors (Lipinski definition) is 1. The number of aryl methyl sites for hydroxylation is 1. The first-order valence-electron chi connectivity index (χ1n) is 9.01. The lowest BCUT2D eigenvalue weighted by molar-refractivity contribution is -0.123. The van der Waals surface area contributed by atoms with Crippen LogP contribution in [0.4, 0.5) is 0 Å². The number of nitrogens with zero attached hydrogens (tertiary/aromatic N) is 3. The summed E-state index contributed by atoms with van der Waals surface area (Å²) < 4.78 is 2.00. The highest BCUT2D eigenvalue weighted by Crippen LogP contribution is 2.23. The number of hydrogen-bond acceptors (Lipinski definition) is 3. The summed E-state index contributed by atoms with van der Waals surface area (Å²) in [6, 6.07) is 0.644. The van der Waals surface area contributed by atoms with Crippen LogP contribution in [0.2, 0.25) is 0 Å². The van der Waals surface area contributed by atoms with Gasteiger partial charge < -0.3 is 14.8 Å². The van der Waals surface area contributed by atoms with Gasteiger partial charge in [-0.2, -0.15) is 0 Å². The second-order valence-electron chi connectivity index (χ2n) is 7.08. The third kappa shape index (κ3) is 5.06. The number of nitrogens with one attached hydrogen (secondary N) is 1. The van der Waals surface area contributed by atoms with Gasteiger partial charge in [-0.1, -0.05) is 13.3 Å². The molecule has 1 saturated heterocycles. The molecule has 2 rings (SSSR count). The van der Waals surface area contributed by atoms with Crippen molar-refractivity contribution < 1.29 is 4.79 Å². The smallest absolute Gasteiger partial charge is 0.220 e. The Bertz CT molecular complexity index is 489. The quantitative estimate of drug-likeness (QED) is 0.840. The van der Waals surface area contributed by atoms with Crippen molar-refractivity contribution in [1.82, 2.24) is 19.8 Å². The second-order valence-corrected chi connectivity index (χ2v) is 7.08. The van der Waals surface area contributed by atoms with Crippen LogP contribution in [0.5, 0.6) is 0 Å². The molecular weight excluding hydrogens is 288 g/mol. The van der Waals surface area contributed by atoms with E-state index >= 15 is 0 Å². The summed E-state index contributed by atoms with van der Waals surface area (Å²) in [5.74, 6) is 1.65. The van der Waals surface area contributed by atoms with Crippen LogP contribution in [0.1, 0.15) is 64.7 Å². The maximum absolute atomic E-state index is 12.5. The molecule has 0 unspecified atom stereocenters. The molecule has 0 aliphatic carbocycles. The van der Waals surface area contributed by atoms with E-state index in [4.69, 9.17) is 0 Å². The highest BCUT2D eigenvalue weighted by atomic mass is 16.1. The fraction of sp³-hybridized carbons (Fsp3) is 0.778. The Balaban J connectivity index is 1.84. The molecular formula is C18H32N4O. The number of carbonyl (C=O) groups is 1. The summed E-state index contributed by atoms with van der Waals surface area (Å²) in [5.41, 5.74) is 0. The molecule has 23 heavy (non-hydrogen) atoms. The summed E-state index contributed by atoms with van der Waals surface area (Å²) in [5, 5.41) is 3.21. The molecule has 1 N–H and O–H groups in total. The minimum atomic E-state index is 0.0308. The van der Waals surface area contributed by atoms with E-state index in [0.29, 0.717) is 18.4 Å². The maximum atomic E-state index is 12.5. The van der Waals surface area contributed by atoms with E-state index in [0.717, 1.165) is 44.6 Å². The fourth-order valence-electron chi connectivity index (χ4n) is 3.46. The van der Waals surface area contributed by atoms with Crippen LogP contribution < -0.4 is 5.32 Å². The van der Waals surface area contributed by atoms with Crippen molar-refractivity contribution in [1.29, 1.82) is 0 Å². The molecule has 1 aliphatic heterocycles. The number of carbonyl (C=O) groups excluding carboxylic acids is 1. The zero-order valence-corrected chi connectivity index (χ0v) is 15.1. The standard InChI is InChI=1S/C18H32N4O/c1-5-6-16(18-19-9-12-21(18)4)20-17(23)13-15-7-10-22(11-8-15)14(2)3/h9,12,14-16H,5-8,10-11,13H2,1-4H3,(H,20,23)/t16-/m1/s1. The molecule has 0 radical (unpaired) electrons. The molecule has 5 nitrogen and oxygen atoms in total. The minimum Gasteiger partial charge on any atom is -0.346 e. The molecule has 1 aliphatic rings. The van der Waals surface area contributed by atoms with E-state index in [1.54, 1.807) is 6.20 Å². The fourth-order valence-corrected chi connectivity index (χ4v) is 3.46. The highest BCUT2D eigenvalue weighted by molar-refractivity contribution is 5.76.